The summed E-state index contributed by atoms with van der Waals surface area (Å²) in [4.78, 5) is 14.7. The molecule has 0 fully saturated rings. The number of nitrogens with one attached hydrogen (secondary N) is 2. The van der Waals surface area contributed by atoms with Crippen LogP contribution in [0.5, 0.6) is 0 Å². The monoisotopic (exact) mass is 278 g/mol. The fourth-order valence-corrected chi connectivity index (χ4v) is 1.75. The number of aromatic amines is 1. The van der Waals surface area contributed by atoms with Gasteiger partial charge in [-0.2, -0.15) is 0 Å². The number of H-pyrrole nitrogens is 1. The molecule has 16 heavy (non-hydrogen) atoms. The van der Waals surface area contributed by atoms with Gasteiger partial charge in [0.25, 0.3) is 5.91 Å². The highest BCUT2D eigenvalue weighted by atomic mass is 79.9. The molecule has 1 aromatic heterocycles. The molecule has 0 saturated carbocycles. The van der Waals surface area contributed by atoms with Gasteiger partial charge in [0, 0.05) is 16.4 Å². The van der Waals surface area contributed by atoms with E-state index < -0.39 is 0 Å². The first-order valence-electron chi connectivity index (χ1n) is 4.88. The molecule has 0 spiro atoms. The number of carbonyl (C=O) groups is 1. The van der Waals surface area contributed by atoms with Gasteiger partial charge in [-0.3, -0.25) is 4.79 Å². The third kappa shape index (κ3) is 2.33. The number of hydrogen-bond acceptors (Lipinski definition) is 1. The molecule has 0 aliphatic heterocycles. The number of benzene rings is 1. The molecule has 0 aliphatic carbocycles. The van der Waals surface area contributed by atoms with Gasteiger partial charge in [0.1, 0.15) is 5.69 Å². The van der Waals surface area contributed by atoms with Crippen LogP contribution in [0, 0.1) is 6.92 Å². The summed E-state index contributed by atoms with van der Waals surface area (Å²) in [6.45, 7) is 1.96. The quantitative estimate of drug-likeness (QED) is 0.870. The summed E-state index contributed by atoms with van der Waals surface area (Å²) in [6.07, 6.45) is 1.73. The maximum Gasteiger partial charge on any atom is 0.272 e. The number of anilines is 1. The lowest BCUT2D eigenvalue weighted by molar-refractivity contribution is 0.102. The Kier molecular flexibility index (Phi) is 3.10. The largest absolute Gasteiger partial charge is 0.356 e. The normalized spacial score (nSPS) is 10.1. The molecule has 0 atom stereocenters. The Morgan fingerprint density at radius 1 is 1.38 bits per heavy atom. The van der Waals surface area contributed by atoms with Crippen molar-refractivity contribution in [2.24, 2.45) is 0 Å². The molecule has 1 aromatic carbocycles. The second-order valence-electron chi connectivity index (χ2n) is 3.50. The zero-order valence-electron chi connectivity index (χ0n) is 8.75. The number of para-hydroxylation sites is 1. The van der Waals surface area contributed by atoms with Gasteiger partial charge in [0.05, 0.1) is 0 Å². The molecular formula is C12H11BrN2O. The standard InChI is InChI=1S/C12H11BrN2O/c1-8-4-2-3-5-10(8)15-12(16)11-6-9(13)7-14-11/h2-7,14H,1H3,(H,15,16). The van der Waals surface area contributed by atoms with Crippen molar-refractivity contribution in [3.63, 3.8) is 0 Å². The minimum absolute atomic E-state index is 0.139. The molecule has 0 bridgehead atoms. The molecule has 82 valence electrons. The van der Waals surface area contributed by atoms with E-state index >= 15 is 0 Å². The first-order chi connectivity index (χ1) is 7.66. The van der Waals surface area contributed by atoms with E-state index in [4.69, 9.17) is 0 Å². The van der Waals surface area contributed by atoms with Crippen molar-refractivity contribution in [2.75, 3.05) is 5.32 Å². The maximum absolute atomic E-state index is 11.8. The van der Waals surface area contributed by atoms with Crippen LogP contribution in [0.15, 0.2) is 41.0 Å². The molecule has 1 heterocycles. The van der Waals surface area contributed by atoms with E-state index in [1.165, 1.54) is 0 Å². The molecule has 2 rings (SSSR count). The van der Waals surface area contributed by atoms with Gasteiger partial charge in [0.15, 0.2) is 0 Å². The molecule has 1 amide bonds. The summed E-state index contributed by atoms with van der Waals surface area (Å²) >= 11 is 3.29. The van der Waals surface area contributed by atoms with Crippen LogP contribution in [0.4, 0.5) is 5.69 Å². The van der Waals surface area contributed by atoms with E-state index in [0.717, 1.165) is 15.7 Å². The van der Waals surface area contributed by atoms with Crippen LogP contribution in [0.25, 0.3) is 0 Å². The summed E-state index contributed by atoms with van der Waals surface area (Å²) in [5.74, 6) is -0.139. The van der Waals surface area contributed by atoms with Crippen molar-refractivity contribution in [1.29, 1.82) is 0 Å². The number of rotatable bonds is 2. The molecule has 4 heteroatoms. The summed E-state index contributed by atoms with van der Waals surface area (Å²) in [7, 11) is 0. The zero-order chi connectivity index (χ0) is 11.5. The summed E-state index contributed by atoms with van der Waals surface area (Å²) in [5, 5.41) is 2.85. The fraction of sp³-hybridized carbons (Fsp3) is 0.0833. The highest BCUT2D eigenvalue weighted by Gasteiger charge is 2.08. The van der Waals surface area contributed by atoms with Crippen molar-refractivity contribution in [1.82, 2.24) is 4.98 Å². The van der Waals surface area contributed by atoms with Crippen molar-refractivity contribution in [3.05, 3.63) is 52.3 Å². The van der Waals surface area contributed by atoms with E-state index in [9.17, 15) is 4.79 Å². The Morgan fingerprint density at radius 2 is 2.12 bits per heavy atom. The smallest absolute Gasteiger partial charge is 0.272 e. The summed E-state index contributed by atoms with van der Waals surface area (Å²) < 4.78 is 0.863. The van der Waals surface area contributed by atoms with Gasteiger partial charge < -0.3 is 10.3 Å². The molecule has 0 aliphatic rings. The predicted molar refractivity (Wildman–Crippen MR) is 67.6 cm³/mol. The number of amides is 1. The lowest BCUT2D eigenvalue weighted by Gasteiger charge is -2.06. The topological polar surface area (TPSA) is 44.9 Å². The molecule has 0 unspecified atom stereocenters. The highest BCUT2D eigenvalue weighted by molar-refractivity contribution is 9.10. The van der Waals surface area contributed by atoms with Crippen LogP contribution in [0.2, 0.25) is 0 Å². The number of carbonyl (C=O) groups excluding carboxylic acids is 1. The van der Waals surface area contributed by atoms with Gasteiger partial charge >= 0.3 is 0 Å². The first kappa shape index (κ1) is 11.0. The van der Waals surface area contributed by atoms with Crippen molar-refractivity contribution < 1.29 is 4.79 Å². The molecule has 3 nitrogen and oxygen atoms in total. The predicted octanol–water partition coefficient (Wildman–Crippen LogP) is 3.34. The van der Waals surface area contributed by atoms with Crippen LogP contribution >= 0.6 is 15.9 Å². The average Bonchev–Trinajstić information content (AvgIpc) is 2.68. The maximum atomic E-state index is 11.8. The second-order valence-corrected chi connectivity index (χ2v) is 4.42. The van der Waals surface area contributed by atoms with E-state index in [0.29, 0.717) is 5.69 Å². The van der Waals surface area contributed by atoms with Crippen molar-refractivity contribution in [3.8, 4) is 0 Å². The summed E-state index contributed by atoms with van der Waals surface area (Å²) in [5.41, 5.74) is 2.41. The third-order valence-electron chi connectivity index (χ3n) is 2.29. The average molecular weight is 279 g/mol. The van der Waals surface area contributed by atoms with Gasteiger partial charge in [0.2, 0.25) is 0 Å². The van der Waals surface area contributed by atoms with Crippen LogP contribution in [-0.2, 0) is 0 Å². The number of hydrogen-bond donors (Lipinski definition) is 2. The van der Waals surface area contributed by atoms with Gasteiger partial charge in [-0.25, -0.2) is 0 Å². The Morgan fingerprint density at radius 3 is 2.75 bits per heavy atom. The summed E-state index contributed by atoms with van der Waals surface area (Å²) in [6, 6.07) is 9.42. The van der Waals surface area contributed by atoms with E-state index in [-0.39, 0.29) is 5.91 Å². The SMILES string of the molecule is Cc1ccccc1NC(=O)c1cc(Br)c[nH]1. The molecule has 0 saturated heterocycles. The van der Waals surface area contributed by atoms with Crippen LogP contribution in [0.1, 0.15) is 16.1 Å². The van der Waals surface area contributed by atoms with Crippen LogP contribution < -0.4 is 5.32 Å². The number of halogens is 1. The van der Waals surface area contributed by atoms with Gasteiger partial charge in [-0.05, 0) is 40.5 Å². The minimum atomic E-state index is -0.139. The Hall–Kier alpha value is -1.55. The van der Waals surface area contributed by atoms with Gasteiger partial charge in [-0.1, -0.05) is 18.2 Å². The zero-order valence-corrected chi connectivity index (χ0v) is 10.3. The van der Waals surface area contributed by atoms with E-state index in [2.05, 4.69) is 26.2 Å². The molecular weight excluding hydrogens is 268 g/mol. The number of aryl methyl sites for hydroxylation is 1. The van der Waals surface area contributed by atoms with Gasteiger partial charge in [-0.15, -0.1) is 0 Å². The van der Waals surface area contributed by atoms with E-state index in [1.807, 2.05) is 31.2 Å². The lowest BCUT2D eigenvalue weighted by atomic mass is 10.2. The van der Waals surface area contributed by atoms with Crippen molar-refractivity contribution in [2.45, 2.75) is 6.92 Å². The highest BCUT2D eigenvalue weighted by Crippen LogP contribution is 2.16. The molecule has 2 aromatic rings. The Bertz CT molecular complexity index is 519. The fourth-order valence-electron chi connectivity index (χ4n) is 1.40. The molecule has 2 N–H and O–H groups in total. The number of aromatic nitrogens is 1. The van der Waals surface area contributed by atoms with Crippen LogP contribution in [0.3, 0.4) is 0 Å². The molecule has 0 radical (unpaired) electrons. The Labute approximate surface area is 102 Å². The minimum Gasteiger partial charge on any atom is -0.356 e. The first-order valence-corrected chi connectivity index (χ1v) is 5.67. The Balaban J connectivity index is 2.17. The second kappa shape index (κ2) is 4.53. The van der Waals surface area contributed by atoms with E-state index in [1.54, 1.807) is 12.3 Å². The van der Waals surface area contributed by atoms with Crippen LogP contribution in [-0.4, -0.2) is 10.9 Å². The van der Waals surface area contributed by atoms with Crippen molar-refractivity contribution >= 4 is 27.5 Å². The third-order valence-corrected chi connectivity index (χ3v) is 2.74. The lowest BCUT2D eigenvalue weighted by Crippen LogP contribution is -2.12.